The van der Waals surface area contributed by atoms with E-state index in [0.29, 0.717) is 6.04 Å². The predicted molar refractivity (Wildman–Crippen MR) is 69.9 cm³/mol. The molecule has 1 unspecified atom stereocenters. The van der Waals surface area contributed by atoms with Gasteiger partial charge in [-0.05, 0) is 50.9 Å². The molecule has 0 aliphatic carbocycles. The molecule has 16 heavy (non-hydrogen) atoms. The lowest BCUT2D eigenvalue weighted by atomic mass is 10.0. The van der Waals surface area contributed by atoms with Crippen LogP contribution in [0.3, 0.4) is 0 Å². The fourth-order valence-corrected chi connectivity index (χ4v) is 2.29. The van der Waals surface area contributed by atoms with E-state index in [1.807, 2.05) is 0 Å². The van der Waals surface area contributed by atoms with Gasteiger partial charge in [0.1, 0.15) is 0 Å². The smallest absolute Gasteiger partial charge is 0.0372 e. The number of rotatable bonds is 2. The summed E-state index contributed by atoms with van der Waals surface area (Å²) >= 11 is 0. The van der Waals surface area contributed by atoms with Gasteiger partial charge in [0.15, 0.2) is 0 Å². The standard InChI is InChI=1S/C14H22N2/c1-12-6-2-3-8-14(12)16-13-7-4-5-10-15-11-9-13/h2-3,6,8,13,15-16H,4-5,7,9-11H2,1H3. The summed E-state index contributed by atoms with van der Waals surface area (Å²) in [7, 11) is 0. The maximum absolute atomic E-state index is 3.68. The van der Waals surface area contributed by atoms with Crippen molar-refractivity contribution in [3.8, 4) is 0 Å². The molecule has 2 nitrogen and oxygen atoms in total. The third-order valence-corrected chi connectivity index (χ3v) is 3.33. The van der Waals surface area contributed by atoms with E-state index in [-0.39, 0.29) is 0 Å². The second kappa shape index (κ2) is 5.90. The van der Waals surface area contributed by atoms with Gasteiger partial charge in [0.2, 0.25) is 0 Å². The maximum atomic E-state index is 3.68. The van der Waals surface area contributed by atoms with Crippen LogP contribution in [0.2, 0.25) is 0 Å². The maximum Gasteiger partial charge on any atom is 0.0372 e. The Morgan fingerprint density at radius 3 is 2.88 bits per heavy atom. The van der Waals surface area contributed by atoms with Crippen molar-refractivity contribution in [2.45, 2.75) is 38.6 Å². The van der Waals surface area contributed by atoms with Crippen LogP contribution in [0.1, 0.15) is 31.2 Å². The van der Waals surface area contributed by atoms with E-state index in [1.54, 1.807) is 0 Å². The molecule has 2 N–H and O–H groups in total. The number of para-hydroxylation sites is 1. The van der Waals surface area contributed by atoms with Gasteiger partial charge < -0.3 is 10.6 Å². The lowest BCUT2D eigenvalue weighted by Crippen LogP contribution is -2.29. The summed E-state index contributed by atoms with van der Waals surface area (Å²) in [5, 5.41) is 7.15. The van der Waals surface area contributed by atoms with Crippen molar-refractivity contribution in [3.05, 3.63) is 29.8 Å². The second-order valence-electron chi connectivity index (χ2n) is 4.69. The van der Waals surface area contributed by atoms with Crippen LogP contribution >= 0.6 is 0 Å². The molecule has 1 heterocycles. The van der Waals surface area contributed by atoms with Crippen molar-refractivity contribution in [1.82, 2.24) is 5.32 Å². The Balaban J connectivity index is 1.94. The molecule has 0 amide bonds. The van der Waals surface area contributed by atoms with Gasteiger partial charge in [-0.2, -0.15) is 0 Å². The summed E-state index contributed by atoms with van der Waals surface area (Å²) < 4.78 is 0. The lowest BCUT2D eigenvalue weighted by molar-refractivity contribution is 0.483. The van der Waals surface area contributed by atoms with Crippen molar-refractivity contribution < 1.29 is 0 Å². The van der Waals surface area contributed by atoms with Crippen LogP contribution < -0.4 is 10.6 Å². The molecule has 1 aromatic rings. The molecule has 88 valence electrons. The molecule has 1 atom stereocenters. The Hall–Kier alpha value is -1.02. The number of aryl methyl sites for hydroxylation is 1. The highest BCUT2D eigenvalue weighted by Gasteiger charge is 2.11. The molecule has 1 aromatic carbocycles. The quantitative estimate of drug-likeness (QED) is 0.797. The normalized spacial score (nSPS) is 22.2. The molecular weight excluding hydrogens is 196 g/mol. The number of benzene rings is 1. The van der Waals surface area contributed by atoms with Crippen LogP contribution in [-0.2, 0) is 0 Å². The average molecular weight is 218 g/mol. The first-order chi connectivity index (χ1) is 7.86. The van der Waals surface area contributed by atoms with E-state index in [2.05, 4.69) is 41.8 Å². The fourth-order valence-electron chi connectivity index (χ4n) is 2.29. The molecule has 2 heteroatoms. The minimum absolute atomic E-state index is 0.633. The molecule has 2 rings (SSSR count). The molecule has 1 aliphatic heterocycles. The highest BCUT2D eigenvalue weighted by molar-refractivity contribution is 5.50. The molecule has 0 saturated carbocycles. The Labute approximate surface area is 98.4 Å². The third-order valence-electron chi connectivity index (χ3n) is 3.33. The molecule has 0 radical (unpaired) electrons. The zero-order valence-corrected chi connectivity index (χ0v) is 10.1. The fraction of sp³-hybridized carbons (Fsp3) is 0.571. The van der Waals surface area contributed by atoms with Crippen LogP contribution in [0.4, 0.5) is 5.69 Å². The van der Waals surface area contributed by atoms with E-state index in [1.165, 1.54) is 43.5 Å². The van der Waals surface area contributed by atoms with Crippen LogP contribution in [0.5, 0.6) is 0 Å². The monoisotopic (exact) mass is 218 g/mol. The summed E-state index contributed by atoms with van der Waals surface area (Å²) in [5.41, 5.74) is 2.64. The number of hydrogen-bond donors (Lipinski definition) is 2. The van der Waals surface area contributed by atoms with E-state index in [0.717, 1.165) is 6.54 Å². The van der Waals surface area contributed by atoms with Crippen LogP contribution in [-0.4, -0.2) is 19.1 Å². The van der Waals surface area contributed by atoms with Gasteiger partial charge in [0, 0.05) is 11.7 Å². The predicted octanol–water partition coefficient (Wildman–Crippen LogP) is 2.94. The second-order valence-corrected chi connectivity index (χ2v) is 4.69. The third kappa shape index (κ3) is 3.24. The van der Waals surface area contributed by atoms with Crippen molar-refractivity contribution in [2.75, 3.05) is 18.4 Å². The molecule has 1 saturated heterocycles. The topological polar surface area (TPSA) is 24.1 Å². The van der Waals surface area contributed by atoms with Crippen molar-refractivity contribution >= 4 is 5.69 Å². The zero-order chi connectivity index (χ0) is 11.2. The van der Waals surface area contributed by atoms with Crippen molar-refractivity contribution in [1.29, 1.82) is 0 Å². The van der Waals surface area contributed by atoms with Gasteiger partial charge in [-0.25, -0.2) is 0 Å². The Kier molecular flexibility index (Phi) is 4.23. The number of anilines is 1. The highest BCUT2D eigenvalue weighted by Crippen LogP contribution is 2.18. The summed E-state index contributed by atoms with van der Waals surface area (Å²) in [4.78, 5) is 0. The lowest BCUT2D eigenvalue weighted by Gasteiger charge is -2.23. The van der Waals surface area contributed by atoms with Crippen LogP contribution in [0.15, 0.2) is 24.3 Å². The van der Waals surface area contributed by atoms with E-state index >= 15 is 0 Å². The summed E-state index contributed by atoms with van der Waals surface area (Å²) in [5.74, 6) is 0. The highest BCUT2D eigenvalue weighted by atomic mass is 14.9. The Morgan fingerprint density at radius 2 is 2.00 bits per heavy atom. The number of nitrogens with one attached hydrogen (secondary N) is 2. The van der Waals surface area contributed by atoms with Gasteiger partial charge in [0.25, 0.3) is 0 Å². The molecule has 0 bridgehead atoms. The van der Waals surface area contributed by atoms with Gasteiger partial charge in [-0.3, -0.25) is 0 Å². The van der Waals surface area contributed by atoms with Gasteiger partial charge >= 0.3 is 0 Å². The average Bonchev–Trinajstić information content (AvgIpc) is 2.24. The first kappa shape index (κ1) is 11.5. The minimum Gasteiger partial charge on any atom is -0.382 e. The molecule has 0 aromatic heterocycles. The summed E-state index contributed by atoms with van der Waals surface area (Å²) in [6.45, 7) is 4.50. The number of hydrogen-bond acceptors (Lipinski definition) is 2. The molecular formula is C14H22N2. The molecule has 0 spiro atoms. The first-order valence-electron chi connectivity index (χ1n) is 6.39. The first-order valence-corrected chi connectivity index (χ1v) is 6.39. The molecule has 1 fully saturated rings. The van der Waals surface area contributed by atoms with Gasteiger partial charge in [-0.15, -0.1) is 0 Å². The minimum atomic E-state index is 0.633. The largest absolute Gasteiger partial charge is 0.382 e. The SMILES string of the molecule is Cc1ccccc1NC1CCCCNCC1. The van der Waals surface area contributed by atoms with Crippen molar-refractivity contribution in [2.24, 2.45) is 0 Å². The van der Waals surface area contributed by atoms with E-state index in [4.69, 9.17) is 0 Å². The van der Waals surface area contributed by atoms with E-state index in [9.17, 15) is 0 Å². The summed E-state index contributed by atoms with van der Waals surface area (Å²) in [6.07, 6.45) is 5.17. The van der Waals surface area contributed by atoms with Gasteiger partial charge in [0.05, 0.1) is 0 Å². The molecule has 1 aliphatic rings. The Morgan fingerprint density at radius 1 is 1.12 bits per heavy atom. The summed E-state index contributed by atoms with van der Waals surface area (Å²) in [6, 6.07) is 9.19. The van der Waals surface area contributed by atoms with Crippen LogP contribution in [0.25, 0.3) is 0 Å². The Bertz CT molecular complexity index is 314. The van der Waals surface area contributed by atoms with Crippen LogP contribution in [0, 0.1) is 6.92 Å². The van der Waals surface area contributed by atoms with E-state index < -0.39 is 0 Å². The van der Waals surface area contributed by atoms with Crippen molar-refractivity contribution in [3.63, 3.8) is 0 Å². The zero-order valence-electron chi connectivity index (χ0n) is 10.1. The van der Waals surface area contributed by atoms with Gasteiger partial charge in [-0.1, -0.05) is 24.6 Å².